The molecule has 1 atom stereocenters. The predicted octanol–water partition coefficient (Wildman–Crippen LogP) is 3.47. The molecule has 0 aliphatic carbocycles. The highest BCUT2D eigenvalue weighted by atomic mass is 79.9. The number of amides is 1. The van der Waals surface area contributed by atoms with Gasteiger partial charge in [0.2, 0.25) is 5.91 Å². The SMILES string of the molecule is COc1ccc(C(O)CNC(=O)CCCOc2ccccc2Br)cc1. The monoisotopic (exact) mass is 407 g/mol. The van der Waals surface area contributed by atoms with Crippen molar-refractivity contribution in [2.45, 2.75) is 18.9 Å². The fourth-order valence-electron chi connectivity index (χ4n) is 2.22. The number of aliphatic hydroxyl groups is 1. The number of carbonyl (C=O) groups excluding carboxylic acids is 1. The van der Waals surface area contributed by atoms with Crippen LogP contribution in [0.4, 0.5) is 0 Å². The fourth-order valence-corrected chi connectivity index (χ4v) is 2.62. The number of ether oxygens (including phenoxy) is 2. The van der Waals surface area contributed by atoms with Gasteiger partial charge in [-0.1, -0.05) is 24.3 Å². The van der Waals surface area contributed by atoms with Crippen LogP contribution < -0.4 is 14.8 Å². The lowest BCUT2D eigenvalue weighted by Gasteiger charge is -2.13. The Morgan fingerprint density at radius 3 is 2.60 bits per heavy atom. The van der Waals surface area contributed by atoms with Crippen LogP contribution in [0, 0.1) is 0 Å². The molecule has 2 aromatic rings. The molecule has 0 aliphatic rings. The first-order valence-corrected chi connectivity index (χ1v) is 8.85. The van der Waals surface area contributed by atoms with Crippen molar-refractivity contribution in [2.24, 2.45) is 0 Å². The highest BCUT2D eigenvalue weighted by molar-refractivity contribution is 9.10. The highest BCUT2D eigenvalue weighted by Crippen LogP contribution is 2.23. The van der Waals surface area contributed by atoms with E-state index in [4.69, 9.17) is 9.47 Å². The third kappa shape index (κ3) is 6.40. The van der Waals surface area contributed by atoms with Gasteiger partial charge in [0.05, 0.1) is 24.3 Å². The summed E-state index contributed by atoms with van der Waals surface area (Å²) in [4.78, 5) is 11.9. The third-order valence-electron chi connectivity index (χ3n) is 3.64. The second kappa shape index (κ2) is 10.1. The molecule has 2 N–H and O–H groups in total. The lowest BCUT2D eigenvalue weighted by atomic mass is 10.1. The van der Waals surface area contributed by atoms with Gasteiger partial charge in [0.25, 0.3) is 0 Å². The van der Waals surface area contributed by atoms with Crippen molar-refractivity contribution < 1.29 is 19.4 Å². The molecular weight excluding hydrogens is 386 g/mol. The van der Waals surface area contributed by atoms with Crippen LogP contribution >= 0.6 is 15.9 Å². The number of rotatable bonds is 9. The highest BCUT2D eigenvalue weighted by Gasteiger charge is 2.10. The first kappa shape index (κ1) is 19.3. The normalized spacial score (nSPS) is 11.6. The summed E-state index contributed by atoms with van der Waals surface area (Å²) in [6, 6.07) is 14.7. The zero-order chi connectivity index (χ0) is 18.1. The Morgan fingerprint density at radius 1 is 1.20 bits per heavy atom. The summed E-state index contributed by atoms with van der Waals surface area (Å²) in [6.45, 7) is 0.632. The van der Waals surface area contributed by atoms with E-state index in [1.807, 2.05) is 24.3 Å². The molecule has 134 valence electrons. The van der Waals surface area contributed by atoms with Gasteiger partial charge in [0.1, 0.15) is 11.5 Å². The van der Waals surface area contributed by atoms with E-state index in [2.05, 4.69) is 21.2 Å². The van der Waals surface area contributed by atoms with E-state index >= 15 is 0 Å². The van der Waals surface area contributed by atoms with E-state index in [9.17, 15) is 9.90 Å². The molecule has 0 aliphatic heterocycles. The molecule has 6 heteroatoms. The smallest absolute Gasteiger partial charge is 0.220 e. The Morgan fingerprint density at radius 2 is 1.92 bits per heavy atom. The number of hydrogen-bond donors (Lipinski definition) is 2. The van der Waals surface area contributed by atoms with Gasteiger partial charge in [-0.2, -0.15) is 0 Å². The molecule has 0 heterocycles. The van der Waals surface area contributed by atoms with Gasteiger partial charge in [0, 0.05) is 13.0 Å². The Kier molecular flexibility index (Phi) is 7.76. The summed E-state index contributed by atoms with van der Waals surface area (Å²) in [5.74, 6) is 1.38. The van der Waals surface area contributed by atoms with E-state index in [0.29, 0.717) is 19.4 Å². The van der Waals surface area contributed by atoms with Crippen LogP contribution in [0.15, 0.2) is 53.0 Å². The van der Waals surface area contributed by atoms with Gasteiger partial charge >= 0.3 is 0 Å². The molecule has 0 saturated heterocycles. The molecule has 0 aromatic heterocycles. The average molecular weight is 408 g/mol. The molecule has 2 aromatic carbocycles. The first-order valence-electron chi connectivity index (χ1n) is 8.06. The van der Waals surface area contributed by atoms with E-state index in [0.717, 1.165) is 21.5 Å². The van der Waals surface area contributed by atoms with Crippen molar-refractivity contribution in [3.8, 4) is 11.5 Å². The molecule has 0 spiro atoms. The minimum absolute atomic E-state index is 0.108. The van der Waals surface area contributed by atoms with Gasteiger partial charge in [-0.15, -0.1) is 0 Å². The summed E-state index contributed by atoms with van der Waals surface area (Å²) >= 11 is 3.41. The van der Waals surface area contributed by atoms with Crippen molar-refractivity contribution in [1.29, 1.82) is 0 Å². The minimum Gasteiger partial charge on any atom is -0.497 e. The van der Waals surface area contributed by atoms with E-state index in [1.165, 1.54) is 0 Å². The van der Waals surface area contributed by atoms with E-state index in [1.54, 1.807) is 31.4 Å². The third-order valence-corrected chi connectivity index (χ3v) is 4.29. The summed E-state index contributed by atoms with van der Waals surface area (Å²) in [5.41, 5.74) is 0.735. The molecular formula is C19H22BrNO4. The van der Waals surface area contributed by atoms with Crippen molar-refractivity contribution in [3.05, 3.63) is 58.6 Å². The number of hydrogen-bond acceptors (Lipinski definition) is 4. The van der Waals surface area contributed by atoms with Gasteiger partial charge in [-0.05, 0) is 52.2 Å². The van der Waals surface area contributed by atoms with Crippen LogP contribution in [0.3, 0.4) is 0 Å². The minimum atomic E-state index is -0.744. The topological polar surface area (TPSA) is 67.8 Å². The van der Waals surface area contributed by atoms with Crippen LogP contribution in [-0.4, -0.2) is 31.3 Å². The van der Waals surface area contributed by atoms with Crippen LogP contribution in [0.25, 0.3) is 0 Å². The summed E-state index contributed by atoms with van der Waals surface area (Å²) in [7, 11) is 1.59. The van der Waals surface area contributed by atoms with Gasteiger partial charge < -0.3 is 19.9 Å². The maximum atomic E-state index is 11.9. The van der Waals surface area contributed by atoms with Crippen molar-refractivity contribution >= 4 is 21.8 Å². The molecule has 0 bridgehead atoms. The lowest BCUT2D eigenvalue weighted by Crippen LogP contribution is -2.28. The Bertz CT molecular complexity index is 675. The second-order valence-electron chi connectivity index (χ2n) is 5.48. The van der Waals surface area contributed by atoms with Crippen LogP contribution in [-0.2, 0) is 4.79 Å². The molecule has 5 nitrogen and oxygen atoms in total. The standard InChI is InChI=1S/C19H22BrNO4/c1-24-15-10-8-14(9-11-15)17(22)13-21-19(23)7-4-12-25-18-6-3-2-5-16(18)20/h2-3,5-6,8-11,17,22H,4,7,12-13H2,1H3,(H,21,23). The zero-order valence-corrected chi connectivity index (χ0v) is 15.7. The second-order valence-corrected chi connectivity index (χ2v) is 6.33. The zero-order valence-electron chi connectivity index (χ0n) is 14.1. The molecule has 0 radical (unpaired) electrons. The molecule has 0 saturated carbocycles. The Balaban J connectivity index is 1.65. The van der Waals surface area contributed by atoms with Gasteiger partial charge in [-0.25, -0.2) is 0 Å². The predicted molar refractivity (Wildman–Crippen MR) is 99.8 cm³/mol. The largest absolute Gasteiger partial charge is 0.497 e. The quantitative estimate of drug-likeness (QED) is 0.624. The van der Waals surface area contributed by atoms with E-state index < -0.39 is 6.10 Å². The number of benzene rings is 2. The molecule has 1 unspecified atom stereocenters. The molecule has 2 rings (SSSR count). The summed E-state index contributed by atoms with van der Waals surface area (Å²) < 4.78 is 11.6. The summed E-state index contributed by atoms with van der Waals surface area (Å²) in [5, 5.41) is 12.8. The number of methoxy groups -OCH3 is 1. The van der Waals surface area contributed by atoms with Crippen LogP contribution in [0.5, 0.6) is 11.5 Å². The average Bonchev–Trinajstić information content (AvgIpc) is 2.64. The molecule has 0 fully saturated rings. The Labute approximate surface area is 156 Å². The van der Waals surface area contributed by atoms with Crippen molar-refractivity contribution in [1.82, 2.24) is 5.32 Å². The number of para-hydroxylation sites is 1. The van der Waals surface area contributed by atoms with Crippen LogP contribution in [0.2, 0.25) is 0 Å². The first-order chi connectivity index (χ1) is 12.1. The summed E-state index contributed by atoms with van der Waals surface area (Å²) in [6.07, 6.45) is 0.206. The fraction of sp³-hybridized carbons (Fsp3) is 0.316. The number of nitrogens with one attached hydrogen (secondary N) is 1. The van der Waals surface area contributed by atoms with Gasteiger partial charge in [0.15, 0.2) is 0 Å². The maximum Gasteiger partial charge on any atom is 0.220 e. The van der Waals surface area contributed by atoms with Crippen molar-refractivity contribution in [3.63, 3.8) is 0 Å². The van der Waals surface area contributed by atoms with E-state index in [-0.39, 0.29) is 12.5 Å². The van der Waals surface area contributed by atoms with Gasteiger partial charge in [-0.3, -0.25) is 4.79 Å². The molecule has 1 amide bonds. The number of carbonyl (C=O) groups is 1. The lowest BCUT2D eigenvalue weighted by molar-refractivity contribution is -0.121. The number of halogens is 1. The maximum absolute atomic E-state index is 11.9. The van der Waals surface area contributed by atoms with Crippen molar-refractivity contribution in [2.75, 3.05) is 20.3 Å². The number of aliphatic hydroxyl groups excluding tert-OH is 1. The molecule has 25 heavy (non-hydrogen) atoms. The Hall–Kier alpha value is -2.05. The van der Waals surface area contributed by atoms with Crippen LogP contribution in [0.1, 0.15) is 24.5 Å².